The lowest BCUT2D eigenvalue weighted by molar-refractivity contribution is -0.120. The summed E-state index contributed by atoms with van der Waals surface area (Å²) in [5.74, 6) is 5.51. The van der Waals surface area contributed by atoms with E-state index in [2.05, 4.69) is 34.3 Å². The van der Waals surface area contributed by atoms with Gasteiger partial charge in [0.1, 0.15) is 0 Å². The molecule has 0 fully saturated rings. The van der Waals surface area contributed by atoms with E-state index in [-0.39, 0.29) is 5.91 Å². The molecule has 0 radical (unpaired) electrons. The van der Waals surface area contributed by atoms with E-state index in [0.717, 1.165) is 12.2 Å². The summed E-state index contributed by atoms with van der Waals surface area (Å²) in [7, 11) is 0. The summed E-state index contributed by atoms with van der Waals surface area (Å²) < 4.78 is 1.99. The van der Waals surface area contributed by atoms with Crippen LogP contribution in [-0.2, 0) is 17.8 Å². The summed E-state index contributed by atoms with van der Waals surface area (Å²) in [6.07, 6.45) is 3.80. The van der Waals surface area contributed by atoms with Gasteiger partial charge in [-0.25, -0.2) is 4.98 Å². The van der Waals surface area contributed by atoms with E-state index in [1.165, 1.54) is 5.56 Å². The van der Waals surface area contributed by atoms with Crippen LogP contribution in [0.5, 0.6) is 0 Å². The fourth-order valence-electron chi connectivity index (χ4n) is 1.88. The Labute approximate surface area is 118 Å². The Bertz CT molecular complexity index is 620. The van der Waals surface area contributed by atoms with Crippen LogP contribution in [0.1, 0.15) is 18.2 Å². The van der Waals surface area contributed by atoms with Crippen LogP contribution in [0.25, 0.3) is 0 Å². The molecule has 4 nitrogen and oxygen atoms in total. The second kappa shape index (κ2) is 7.15. The highest BCUT2D eigenvalue weighted by molar-refractivity contribution is 5.78. The van der Waals surface area contributed by atoms with Crippen LogP contribution in [0, 0.1) is 11.8 Å². The monoisotopic (exact) mass is 267 g/mol. The highest BCUT2D eigenvalue weighted by Crippen LogP contribution is 2.06. The van der Waals surface area contributed by atoms with Crippen molar-refractivity contribution in [2.75, 3.05) is 6.54 Å². The predicted octanol–water partition coefficient (Wildman–Crippen LogP) is 1.61. The van der Waals surface area contributed by atoms with Gasteiger partial charge in [-0.2, -0.15) is 0 Å². The molecule has 0 aliphatic heterocycles. The first-order valence-electron chi connectivity index (χ1n) is 6.49. The van der Waals surface area contributed by atoms with Crippen molar-refractivity contribution in [1.29, 1.82) is 0 Å². The largest absolute Gasteiger partial charge is 0.345 e. The van der Waals surface area contributed by atoms with E-state index < -0.39 is 0 Å². The molecular formula is C16H17N3O. The summed E-state index contributed by atoms with van der Waals surface area (Å²) in [5.41, 5.74) is 2.08. The summed E-state index contributed by atoms with van der Waals surface area (Å²) in [6, 6.07) is 10.1. The van der Waals surface area contributed by atoms with Crippen molar-refractivity contribution >= 4 is 5.91 Å². The van der Waals surface area contributed by atoms with Gasteiger partial charge >= 0.3 is 0 Å². The average Bonchev–Trinajstić information content (AvgIpc) is 2.87. The SMILES string of the molecule is CC#CCNC(=O)Cc1cncn1Cc1ccccc1. The maximum absolute atomic E-state index is 11.8. The first-order valence-corrected chi connectivity index (χ1v) is 6.49. The number of benzene rings is 1. The zero-order valence-electron chi connectivity index (χ0n) is 11.5. The number of nitrogens with one attached hydrogen (secondary N) is 1. The van der Waals surface area contributed by atoms with Crippen molar-refractivity contribution in [1.82, 2.24) is 14.9 Å². The molecular weight excluding hydrogens is 250 g/mol. The molecule has 0 saturated carbocycles. The van der Waals surface area contributed by atoms with E-state index in [1.54, 1.807) is 19.4 Å². The second-order valence-electron chi connectivity index (χ2n) is 4.38. The summed E-state index contributed by atoms with van der Waals surface area (Å²) in [5, 5.41) is 2.76. The molecule has 0 unspecified atom stereocenters. The number of carbonyl (C=O) groups is 1. The average molecular weight is 267 g/mol. The standard InChI is InChI=1S/C16H17N3O/c1-2-3-9-18-16(20)10-15-11-17-13-19(15)12-14-7-5-4-6-8-14/h4-8,11,13H,9-10,12H2,1H3,(H,18,20). The van der Waals surface area contributed by atoms with Gasteiger partial charge in [0, 0.05) is 18.4 Å². The minimum Gasteiger partial charge on any atom is -0.345 e. The van der Waals surface area contributed by atoms with Gasteiger partial charge in [-0.3, -0.25) is 4.79 Å². The maximum atomic E-state index is 11.8. The second-order valence-corrected chi connectivity index (χ2v) is 4.38. The highest BCUT2D eigenvalue weighted by atomic mass is 16.1. The lowest BCUT2D eigenvalue weighted by atomic mass is 10.2. The van der Waals surface area contributed by atoms with E-state index in [4.69, 9.17) is 0 Å². The molecule has 2 aromatic rings. The molecule has 1 aromatic heterocycles. The number of carbonyl (C=O) groups excluding carboxylic acids is 1. The lowest BCUT2D eigenvalue weighted by Crippen LogP contribution is -2.26. The van der Waals surface area contributed by atoms with Crippen LogP contribution in [0.15, 0.2) is 42.9 Å². The number of rotatable bonds is 5. The Kier molecular flexibility index (Phi) is 4.96. The number of imidazole rings is 1. The number of aromatic nitrogens is 2. The van der Waals surface area contributed by atoms with E-state index in [0.29, 0.717) is 13.0 Å². The molecule has 4 heteroatoms. The van der Waals surface area contributed by atoms with Crippen molar-refractivity contribution in [3.05, 3.63) is 54.1 Å². The molecule has 20 heavy (non-hydrogen) atoms. The van der Waals surface area contributed by atoms with Gasteiger partial charge < -0.3 is 9.88 Å². The highest BCUT2D eigenvalue weighted by Gasteiger charge is 2.08. The Morgan fingerprint density at radius 2 is 2.15 bits per heavy atom. The quantitative estimate of drug-likeness (QED) is 0.837. The number of nitrogens with zero attached hydrogens (tertiary/aromatic N) is 2. The fourth-order valence-corrected chi connectivity index (χ4v) is 1.88. The molecule has 1 aromatic carbocycles. The van der Waals surface area contributed by atoms with Gasteiger partial charge in [-0.05, 0) is 12.5 Å². The topological polar surface area (TPSA) is 46.9 Å². The van der Waals surface area contributed by atoms with Crippen LogP contribution < -0.4 is 5.32 Å². The minimum absolute atomic E-state index is 0.0393. The van der Waals surface area contributed by atoms with Gasteiger partial charge in [0.05, 0.1) is 19.3 Å². The molecule has 0 atom stereocenters. The molecule has 0 aliphatic carbocycles. The zero-order chi connectivity index (χ0) is 14.2. The van der Waals surface area contributed by atoms with Crippen molar-refractivity contribution in [2.24, 2.45) is 0 Å². The first-order chi connectivity index (χ1) is 9.79. The first kappa shape index (κ1) is 13.9. The van der Waals surface area contributed by atoms with Crippen molar-refractivity contribution in [3.8, 4) is 11.8 Å². The third-order valence-corrected chi connectivity index (χ3v) is 2.89. The lowest BCUT2D eigenvalue weighted by Gasteiger charge is -2.08. The normalized spacial score (nSPS) is 9.65. The third kappa shape index (κ3) is 3.99. The van der Waals surface area contributed by atoms with Crippen LogP contribution >= 0.6 is 0 Å². The molecule has 2 rings (SSSR count). The Morgan fingerprint density at radius 3 is 2.90 bits per heavy atom. The van der Waals surface area contributed by atoms with Crippen LogP contribution in [0.4, 0.5) is 0 Å². The van der Waals surface area contributed by atoms with Gasteiger partial charge in [-0.15, -0.1) is 5.92 Å². The number of amides is 1. The van der Waals surface area contributed by atoms with Gasteiger partial charge in [0.25, 0.3) is 0 Å². The Balaban J connectivity index is 1.97. The van der Waals surface area contributed by atoms with E-state index >= 15 is 0 Å². The van der Waals surface area contributed by atoms with Crippen molar-refractivity contribution < 1.29 is 4.79 Å². The van der Waals surface area contributed by atoms with Crippen LogP contribution in [0.2, 0.25) is 0 Å². The smallest absolute Gasteiger partial charge is 0.226 e. The van der Waals surface area contributed by atoms with Crippen LogP contribution in [0.3, 0.4) is 0 Å². The van der Waals surface area contributed by atoms with Crippen LogP contribution in [-0.4, -0.2) is 22.0 Å². The Morgan fingerprint density at radius 1 is 1.35 bits per heavy atom. The molecule has 1 amide bonds. The molecule has 0 aliphatic rings. The molecule has 0 spiro atoms. The summed E-state index contributed by atoms with van der Waals surface area (Å²) in [6.45, 7) is 2.86. The van der Waals surface area contributed by atoms with Crippen molar-refractivity contribution in [3.63, 3.8) is 0 Å². The maximum Gasteiger partial charge on any atom is 0.226 e. The molecule has 1 N–H and O–H groups in total. The number of hydrogen-bond donors (Lipinski definition) is 1. The molecule has 102 valence electrons. The Hall–Kier alpha value is -2.54. The third-order valence-electron chi connectivity index (χ3n) is 2.89. The predicted molar refractivity (Wildman–Crippen MR) is 77.9 cm³/mol. The van der Waals surface area contributed by atoms with E-state index in [9.17, 15) is 4.79 Å². The molecule has 0 saturated heterocycles. The summed E-state index contributed by atoms with van der Waals surface area (Å²) >= 11 is 0. The fraction of sp³-hybridized carbons (Fsp3) is 0.250. The van der Waals surface area contributed by atoms with E-state index in [1.807, 2.05) is 22.8 Å². The van der Waals surface area contributed by atoms with Crippen molar-refractivity contribution in [2.45, 2.75) is 19.9 Å². The minimum atomic E-state index is -0.0393. The number of hydrogen-bond acceptors (Lipinski definition) is 2. The summed E-state index contributed by atoms with van der Waals surface area (Å²) in [4.78, 5) is 15.9. The van der Waals surface area contributed by atoms with Gasteiger partial charge in [0.2, 0.25) is 5.91 Å². The molecule has 1 heterocycles. The van der Waals surface area contributed by atoms with Gasteiger partial charge in [-0.1, -0.05) is 36.3 Å². The molecule has 0 bridgehead atoms. The zero-order valence-corrected chi connectivity index (χ0v) is 11.5. The van der Waals surface area contributed by atoms with Gasteiger partial charge in [0.15, 0.2) is 0 Å².